The molecule has 1 amide bonds. The lowest BCUT2D eigenvalue weighted by Crippen LogP contribution is -2.42. The van der Waals surface area contributed by atoms with Gasteiger partial charge in [-0.1, -0.05) is 26.0 Å². The maximum atomic E-state index is 13.0. The molecule has 1 saturated heterocycles. The van der Waals surface area contributed by atoms with E-state index < -0.39 is 0 Å². The van der Waals surface area contributed by atoms with Gasteiger partial charge in [0.15, 0.2) is 0 Å². The molecule has 0 spiro atoms. The number of piperidine rings is 1. The van der Waals surface area contributed by atoms with Crippen LogP contribution in [0.1, 0.15) is 36.3 Å². The van der Waals surface area contributed by atoms with Crippen molar-refractivity contribution in [2.24, 2.45) is 18.9 Å². The van der Waals surface area contributed by atoms with Gasteiger partial charge in [0.25, 0.3) is 5.91 Å². The fourth-order valence-electron chi connectivity index (χ4n) is 3.58. The molecule has 1 aromatic heterocycles. The first-order valence-corrected chi connectivity index (χ1v) is 8.63. The number of benzene rings is 1. The van der Waals surface area contributed by atoms with Crippen LogP contribution in [-0.4, -0.2) is 33.7 Å². The topological polar surface area (TPSA) is 50.2 Å². The minimum atomic E-state index is 0.126. The molecule has 3 rings (SSSR count). The number of carbonyl (C=O) groups excluding carboxylic acids is 1. The average molecular weight is 326 g/mol. The standard InChI is InChI=1S/C19H26N4O/c1-14-10-15(2)13-23(12-14)19(24)17-6-4-5-7-18(17)20-11-16-8-9-21-22(16)3/h4-9,14-15,20H,10-13H2,1-3H3. The van der Waals surface area contributed by atoms with Crippen molar-refractivity contribution in [3.05, 3.63) is 47.8 Å². The van der Waals surface area contributed by atoms with E-state index in [9.17, 15) is 4.79 Å². The van der Waals surface area contributed by atoms with Crippen LogP contribution in [-0.2, 0) is 13.6 Å². The zero-order valence-electron chi connectivity index (χ0n) is 14.7. The van der Waals surface area contributed by atoms with Crippen molar-refractivity contribution < 1.29 is 4.79 Å². The van der Waals surface area contributed by atoms with Crippen LogP contribution in [0, 0.1) is 11.8 Å². The van der Waals surface area contributed by atoms with Gasteiger partial charge in [-0.15, -0.1) is 0 Å². The number of para-hydroxylation sites is 1. The molecule has 128 valence electrons. The maximum Gasteiger partial charge on any atom is 0.255 e. The molecule has 0 aliphatic carbocycles. The minimum Gasteiger partial charge on any atom is -0.379 e. The Morgan fingerprint density at radius 3 is 2.58 bits per heavy atom. The summed E-state index contributed by atoms with van der Waals surface area (Å²) in [7, 11) is 1.92. The lowest BCUT2D eigenvalue weighted by atomic mass is 9.91. The molecule has 2 heterocycles. The second kappa shape index (κ2) is 7.07. The molecule has 1 aliphatic rings. The predicted octanol–water partition coefficient (Wildman–Crippen LogP) is 3.15. The van der Waals surface area contributed by atoms with E-state index in [0.29, 0.717) is 18.4 Å². The number of aryl methyl sites for hydroxylation is 1. The van der Waals surface area contributed by atoms with Crippen molar-refractivity contribution in [1.29, 1.82) is 0 Å². The van der Waals surface area contributed by atoms with Crippen molar-refractivity contribution >= 4 is 11.6 Å². The summed E-state index contributed by atoms with van der Waals surface area (Å²) in [4.78, 5) is 15.0. The van der Waals surface area contributed by atoms with E-state index in [0.717, 1.165) is 30.0 Å². The summed E-state index contributed by atoms with van der Waals surface area (Å²) in [6.45, 7) is 6.79. The molecule has 2 aromatic rings. The maximum absolute atomic E-state index is 13.0. The van der Waals surface area contributed by atoms with Crippen LogP contribution in [0.2, 0.25) is 0 Å². The van der Waals surface area contributed by atoms with Crippen molar-refractivity contribution in [1.82, 2.24) is 14.7 Å². The van der Waals surface area contributed by atoms with E-state index in [1.54, 1.807) is 6.20 Å². The summed E-state index contributed by atoms with van der Waals surface area (Å²) < 4.78 is 1.84. The molecule has 1 fully saturated rings. The van der Waals surface area contributed by atoms with Gasteiger partial charge in [0, 0.05) is 32.0 Å². The third-order valence-corrected chi connectivity index (χ3v) is 4.70. The van der Waals surface area contributed by atoms with Crippen molar-refractivity contribution in [2.45, 2.75) is 26.8 Å². The highest BCUT2D eigenvalue weighted by atomic mass is 16.2. The predicted molar refractivity (Wildman–Crippen MR) is 95.8 cm³/mol. The van der Waals surface area contributed by atoms with Gasteiger partial charge in [0.1, 0.15) is 0 Å². The number of hydrogen-bond donors (Lipinski definition) is 1. The lowest BCUT2D eigenvalue weighted by Gasteiger charge is -2.35. The van der Waals surface area contributed by atoms with Crippen LogP contribution in [0.4, 0.5) is 5.69 Å². The Hall–Kier alpha value is -2.30. The highest BCUT2D eigenvalue weighted by Gasteiger charge is 2.27. The van der Waals surface area contributed by atoms with E-state index >= 15 is 0 Å². The Balaban J connectivity index is 1.76. The van der Waals surface area contributed by atoms with Crippen LogP contribution < -0.4 is 5.32 Å². The second-order valence-electron chi connectivity index (χ2n) is 7.00. The van der Waals surface area contributed by atoms with E-state index in [4.69, 9.17) is 0 Å². The first kappa shape index (κ1) is 16.6. The van der Waals surface area contributed by atoms with Gasteiger partial charge < -0.3 is 10.2 Å². The minimum absolute atomic E-state index is 0.126. The first-order valence-electron chi connectivity index (χ1n) is 8.63. The summed E-state index contributed by atoms with van der Waals surface area (Å²) >= 11 is 0. The lowest BCUT2D eigenvalue weighted by molar-refractivity contribution is 0.0624. The van der Waals surface area contributed by atoms with Gasteiger partial charge in [0.05, 0.1) is 17.8 Å². The Morgan fingerprint density at radius 1 is 1.21 bits per heavy atom. The summed E-state index contributed by atoms with van der Waals surface area (Å²) in [5.41, 5.74) is 2.72. The van der Waals surface area contributed by atoms with Gasteiger partial charge in [-0.05, 0) is 36.5 Å². The fraction of sp³-hybridized carbons (Fsp3) is 0.474. The van der Waals surface area contributed by atoms with Crippen molar-refractivity contribution in [3.63, 3.8) is 0 Å². The van der Waals surface area contributed by atoms with Crippen LogP contribution in [0.5, 0.6) is 0 Å². The van der Waals surface area contributed by atoms with E-state index in [2.05, 4.69) is 24.3 Å². The van der Waals surface area contributed by atoms with Crippen molar-refractivity contribution in [2.75, 3.05) is 18.4 Å². The molecule has 0 saturated carbocycles. The molecule has 0 bridgehead atoms. The molecule has 24 heavy (non-hydrogen) atoms. The SMILES string of the molecule is CC1CC(C)CN(C(=O)c2ccccc2NCc2ccnn2C)C1. The molecule has 1 aromatic carbocycles. The summed E-state index contributed by atoms with van der Waals surface area (Å²) in [5.74, 6) is 1.25. The quantitative estimate of drug-likeness (QED) is 0.939. The molecule has 2 unspecified atom stereocenters. The summed E-state index contributed by atoms with van der Waals surface area (Å²) in [6.07, 6.45) is 2.98. The molecule has 5 nitrogen and oxygen atoms in total. The number of nitrogens with zero attached hydrogens (tertiary/aromatic N) is 3. The highest BCUT2D eigenvalue weighted by Crippen LogP contribution is 2.25. The van der Waals surface area contributed by atoms with Gasteiger partial charge in [-0.3, -0.25) is 9.48 Å². The van der Waals surface area contributed by atoms with Gasteiger partial charge >= 0.3 is 0 Å². The van der Waals surface area contributed by atoms with Crippen LogP contribution in [0.3, 0.4) is 0 Å². The highest BCUT2D eigenvalue weighted by molar-refractivity contribution is 5.99. The van der Waals surface area contributed by atoms with E-state index in [1.807, 2.05) is 47.0 Å². The normalized spacial score (nSPS) is 20.9. The average Bonchev–Trinajstić information content (AvgIpc) is 2.97. The zero-order chi connectivity index (χ0) is 17.1. The molecule has 2 atom stereocenters. The largest absolute Gasteiger partial charge is 0.379 e. The number of rotatable bonds is 4. The van der Waals surface area contributed by atoms with Crippen LogP contribution in [0.15, 0.2) is 36.5 Å². The van der Waals surface area contributed by atoms with Crippen LogP contribution >= 0.6 is 0 Å². The van der Waals surface area contributed by atoms with Gasteiger partial charge in [0.2, 0.25) is 0 Å². The Kier molecular flexibility index (Phi) is 4.88. The molecule has 0 radical (unpaired) electrons. The fourth-order valence-corrected chi connectivity index (χ4v) is 3.58. The number of anilines is 1. The first-order chi connectivity index (χ1) is 11.5. The Bertz CT molecular complexity index is 699. The smallest absolute Gasteiger partial charge is 0.255 e. The Morgan fingerprint density at radius 2 is 1.92 bits per heavy atom. The summed E-state index contributed by atoms with van der Waals surface area (Å²) in [5, 5.41) is 7.57. The Labute approximate surface area is 143 Å². The second-order valence-corrected chi connectivity index (χ2v) is 7.00. The van der Waals surface area contributed by atoms with Gasteiger partial charge in [-0.25, -0.2) is 0 Å². The van der Waals surface area contributed by atoms with E-state index in [1.165, 1.54) is 6.42 Å². The number of amides is 1. The molecule has 1 aliphatic heterocycles. The third kappa shape index (κ3) is 3.61. The zero-order valence-corrected chi connectivity index (χ0v) is 14.7. The van der Waals surface area contributed by atoms with Gasteiger partial charge in [-0.2, -0.15) is 5.10 Å². The summed E-state index contributed by atoms with van der Waals surface area (Å²) in [6, 6.07) is 9.76. The number of hydrogen-bond acceptors (Lipinski definition) is 3. The number of aromatic nitrogens is 2. The molecular weight excluding hydrogens is 300 g/mol. The number of carbonyl (C=O) groups is 1. The number of nitrogens with one attached hydrogen (secondary N) is 1. The van der Waals surface area contributed by atoms with Crippen molar-refractivity contribution in [3.8, 4) is 0 Å². The van der Waals surface area contributed by atoms with Crippen LogP contribution in [0.25, 0.3) is 0 Å². The molecular formula is C19H26N4O. The molecule has 1 N–H and O–H groups in total. The number of likely N-dealkylation sites (tertiary alicyclic amines) is 1. The molecule has 5 heteroatoms. The monoisotopic (exact) mass is 326 g/mol. The van der Waals surface area contributed by atoms with E-state index in [-0.39, 0.29) is 5.91 Å². The third-order valence-electron chi connectivity index (χ3n) is 4.70.